The van der Waals surface area contributed by atoms with Crippen LogP contribution in [0.3, 0.4) is 0 Å². The van der Waals surface area contributed by atoms with E-state index in [1.54, 1.807) is 25.1 Å². The summed E-state index contributed by atoms with van der Waals surface area (Å²) < 4.78 is 0. The molecule has 1 atom stereocenters. The fourth-order valence-corrected chi connectivity index (χ4v) is 1.85. The summed E-state index contributed by atoms with van der Waals surface area (Å²) in [7, 11) is 0. The van der Waals surface area contributed by atoms with Crippen LogP contribution in [0.5, 0.6) is 5.75 Å². The highest BCUT2D eigenvalue weighted by molar-refractivity contribution is 9.10. The lowest BCUT2D eigenvalue weighted by atomic mass is 10.1. The second-order valence-corrected chi connectivity index (χ2v) is 5.09. The Balaban J connectivity index is 3.06. The number of carbonyl (C=O) groups excluding carboxylic acids is 1. The van der Waals surface area contributed by atoms with Crippen molar-refractivity contribution in [2.45, 2.75) is 16.6 Å². The van der Waals surface area contributed by atoms with Gasteiger partial charge in [0, 0.05) is 10.5 Å². The predicted molar refractivity (Wildman–Crippen MR) is 62.6 cm³/mol. The molecule has 1 aromatic rings. The van der Waals surface area contributed by atoms with Crippen LogP contribution in [0.15, 0.2) is 23.1 Å². The lowest BCUT2D eigenvalue weighted by Crippen LogP contribution is -2.09. The normalized spacial score (nSPS) is 12.5. The van der Waals surface area contributed by atoms with E-state index in [0.29, 0.717) is 5.56 Å². The van der Waals surface area contributed by atoms with Gasteiger partial charge in [-0.3, -0.25) is 4.79 Å². The van der Waals surface area contributed by atoms with Crippen LogP contribution < -0.4 is 0 Å². The third-order valence-corrected chi connectivity index (χ3v) is 3.01. The lowest BCUT2D eigenvalue weighted by molar-refractivity contribution is 0.0995. The van der Waals surface area contributed by atoms with Crippen molar-refractivity contribution >= 4 is 33.5 Å². The van der Waals surface area contributed by atoms with E-state index in [9.17, 15) is 9.90 Å². The third-order valence-electron chi connectivity index (χ3n) is 1.83. The number of thioether (sulfide) groups is 1. The minimum atomic E-state index is -0.193. The molecule has 0 radical (unpaired) electrons. The van der Waals surface area contributed by atoms with Gasteiger partial charge in [-0.1, -0.05) is 15.9 Å². The highest BCUT2D eigenvalue weighted by Gasteiger charge is 2.13. The van der Waals surface area contributed by atoms with E-state index in [4.69, 9.17) is 0 Å². The molecule has 4 heteroatoms. The number of aromatic hydroxyl groups is 1. The number of ketones is 1. The third kappa shape index (κ3) is 2.51. The highest BCUT2D eigenvalue weighted by atomic mass is 79.9. The number of phenols is 1. The van der Waals surface area contributed by atoms with E-state index >= 15 is 0 Å². The SMILES string of the molecule is CSc1cc(C(=O)C(C)Br)ccc1O. The molecule has 1 N–H and O–H groups in total. The van der Waals surface area contributed by atoms with Gasteiger partial charge in [-0.25, -0.2) is 0 Å². The molecule has 2 nitrogen and oxygen atoms in total. The van der Waals surface area contributed by atoms with Crippen LogP contribution >= 0.6 is 27.7 Å². The number of Topliss-reactive ketones (excluding diaryl/α,β-unsaturated/α-hetero) is 1. The molecule has 0 bridgehead atoms. The fraction of sp³-hybridized carbons (Fsp3) is 0.300. The van der Waals surface area contributed by atoms with Crippen molar-refractivity contribution < 1.29 is 9.90 Å². The Kier molecular flexibility index (Phi) is 4.01. The van der Waals surface area contributed by atoms with Gasteiger partial charge in [0.1, 0.15) is 5.75 Å². The molecule has 76 valence electrons. The van der Waals surface area contributed by atoms with Crippen LogP contribution in [0.1, 0.15) is 17.3 Å². The first-order chi connectivity index (χ1) is 6.56. The molecule has 0 heterocycles. The quantitative estimate of drug-likeness (QED) is 0.523. The second-order valence-electron chi connectivity index (χ2n) is 2.87. The maximum absolute atomic E-state index is 11.6. The van der Waals surface area contributed by atoms with Crippen molar-refractivity contribution in [1.82, 2.24) is 0 Å². The number of phenolic OH excluding ortho intramolecular Hbond substituents is 1. The Morgan fingerprint density at radius 2 is 2.21 bits per heavy atom. The zero-order valence-electron chi connectivity index (χ0n) is 7.95. The Labute approximate surface area is 95.8 Å². The summed E-state index contributed by atoms with van der Waals surface area (Å²) in [4.78, 5) is 12.1. The number of hydrogen-bond donors (Lipinski definition) is 1. The highest BCUT2D eigenvalue weighted by Crippen LogP contribution is 2.28. The van der Waals surface area contributed by atoms with Gasteiger partial charge < -0.3 is 5.11 Å². The summed E-state index contributed by atoms with van der Waals surface area (Å²) in [6.45, 7) is 1.79. The zero-order chi connectivity index (χ0) is 10.7. The summed E-state index contributed by atoms with van der Waals surface area (Å²) in [6, 6.07) is 4.89. The minimum absolute atomic E-state index is 0.0281. The molecular formula is C10H11BrO2S. The first kappa shape index (κ1) is 11.6. The Bertz CT molecular complexity index is 350. The molecule has 1 rings (SSSR count). The lowest BCUT2D eigenvalue weighted by Gasteiger charge is -2.06. The molecule has 0 fully saturated rings. The van der Waals surface area contributed by atoms with E-state index in [-0.39, 0.29) is 16.4 Å². The number of benzene rings is 1. The van der Waals surface area contributed by atoms with Gasteiger partial charge in [-0.05, 0) is 31.4 Å². The van der Waals surface area contributed by atoms with E-state index in [0.717, 1.165) is 4.90 Å². The van der Waals surface area contributed by atoms with Crippen LogP contribution in [0.4, 0.5) is 0 Å². The maximum Gasteiger partial charge on any atom is 0.176 e. The van der Waals surface area contributed by atoms with Gasteiger partial charge in [-0.2, -0.15) is 0 Å². The van der Waals surface area contributed by atoms with Crippen molar-refractivity contribution in [3.05, 3.63) is 23.8 Å². The topological polar surface area (TPSA) is 37.3 Å². The molecule has 1 unspecified atom stereocenters. The molecule has 0 amide bonds. The number of rotatable bonds is 3. The van der Waals surface area contributed by atoms with E-state index in [2.05, 4.69) is 15.9 Å². The molecule has 0 saturated heterocycles. The smallest absolute Gasteiger partial charge is 0.176 e. The summed E-state index contributed by atoms with van der Waals surface area (Å²) in [5, 5.41) is 9.41. The van der Waals surface area contributed by atoms with E-state index in [1.165, 1.54) is 11.8 Å². The van der Waals surface area contributed by atoms with Crippen LogP contribution in [0.25, 0.3) is 0 Å². The number of hydrogen-bond acceptors (Lipinski definition) is 3. The van der Waals surface area contributed by atoms with Crippen molar-refractivity contribution in [3.8, 4) is 5.75 Å². The number of carbonyl (C=O) groups is 1. The molecule has 0 aliphatic rings. The van der Waals surface area contributed by atoms with Gasteiger partial charge in [0.2, 0.25) is 0 Å². The minimum Gasteiger partial charge on any atom is -0.507 e. The molecular weight excluding hydrogens is 264 g/mol. The average molecular weight is 275 g/mol. The predicted octanol–water partition coefficient (Wildman–Crippen LogP) is 3.08. The van der Waals surface area contributed by atoms with Crippen LogP contribution in [0.2, 0.25) is 0 Å². The molecule has 1 aromatic carbocycles. The summed E-state index contributed by atoms with van der Waals surface area (Å²) in [5.74, 6) is 0.247. The molecule has 0 aliphatic carbocycles. The van der Waals surface area contributed by atoms with Crippen molar-refractivity contribution in [1.29, 1.82) is 0 Å². The van der Waals surface area contributed by atoms with Crippen molar-refractivity contribution in [2.75, 3.05) is 6.26 Å². The average Bonchev–Trinajstić information content (AvgIpc) is 2.17. The van der Waals surface area contributed by atoms with Crippen molar-refractivity contribution in [3.63, 3.8) is 0 Å². The van der Waals surface area contributed by atoms with Gasteiger partial charge in [0.25, 0.3) is 0 Å². The Morgan fingerprint density at radius 1 is 1.57 bits per heavy atom. The maximum atomic E-state index is 11.6. The molecule has 0 saturated carbocycles. The number of halogens is 1. The van der Waals surface area contributed by atoms with Crippen molar-refractivity contribution in [2.24, 2.45) is 0 Å². The summed E-state index contributed by atoms with van der Waals surface area (Å²) >= 11 is 4.64. The fourth-order valence-electron chi connectivity index (χ4n) is 1.06. The Hall–Kier alpha value is -0.480. The molecule has 0 aliphatic heterocycles. The standard InChI is InChI=1S/C10H11BrO2S/c1-6(11)10(13)7-3-4-8(12)9(5-7)14-2/h3-6,12H,1-2H3. The van der Waals surface area contributed by atoms with Gasteiger partial charge in [-0.15, -0.1) is 11.8 Å². The first-order valence-corrected chi connectivity index (χ1v) is 6.25. The van der Waals surface area contributed by atoms with E-state index < -0.39 is 0 Å². The Morgan fingerprint density at radius 3 is 2.71 bits per heavy atom. The second kappa shape index (κ2) is 4.84. The number of alkyl halides is 1. The first-order valence-electron chi connectivity index (χ1n) is 4.11. The van der Waals surface area contributed by atoms with Gasteiger partial charge >= 0.3 is 0 Å². The van der Waals surface area contributed by atoms with Gasteiger partial charge in [0.05, 0.1) is 4.83 Å². The van der Waals surface area contributed by atoms with E-state index in [1.807, 2.05) is 6.26 Å². The van der Waals surface area contributed by atoms with Crippen LogP contribution in [0, 0.1) is 0 Å². The largest absolute Gasteiger partial charge is 0.507 e. The zero-order valence-corrected chi connectivity index (χ0v) is 10.4. The summed E-state index contributed by atoms with van der Waals surface area (Å²) in [5.41, 5.74) is 0.622. The monoisotopic (exact) mass is 274 g/mol. The molecule has 0 spiro atoms. The molecule has 14 heavy (non-hydrogen) atoms. The molecule has 0 aromatic heterocycles. The van der Waals surface area contributed by atoms with Crippen LogP contribution in [-0.4, -0.2) is 22.0 Å². The van der Waals surface area contributed by atoms with Crippen LogP contribution in [-0.2, 0) is 0 Å². The summed E-state index contributed by atoms with van der Waals surface area (Å²) in [6.07, 6.45) is 1.86. The van der Waals surface area contributed by atoms with Gasteiger partial charge in [0.15, 0.2) is 5.78 Å².